The van der Waals surface area contributed by atoms with Crippen LogP contribution in [0.3, 0.4) is 0 Å². The molecule has 9 aromatic carbocycles. The number of fused-ring (bicyclic) bond motifs is 6. The predicted octanol–water partition coefficient (Wildman–Crippen LogP) is 15.1. The molecule has 0 bridgehead atoms. The molecule has 2 nitrogen and oxygen atoms in total. The molecule has 59 heavy (non-hydrogen) atoms. The zero-order valence-corrected chi connectivity index (χ0v) is 33.0. The van der Waals surface area contributed by atoms with Crippen LogP contribution in [0.15, 0.2) is 206 Å². The number of aromatic nitrogens is 2. The van der Waals surface area contributed by atoms with Crippen LogP contribution in [0.2, 0.25) is 0 Å². The Balaban J connectivity index is 1.11. The van der Waals surface area contributed by atoms with Gasteiger partial charge in [-0.25, -0.2) is 9.97 Å². The summed E-state index contributed by atoms with van der Waals surface area (Å²) in [6, 6.07) is 74.3. The van der Waals surface area contributed by atoms with Gasteiger partial charge in [0, 0.05) is 22.1 Å². The Morgan fingerprint density at radius 1 is 0.322 bits per heavy atom. The third kappa shape index (κ3) is 5.87. The highest BCUT2D eigenvalue weighted by molar-refractivity contribution is 6.07. The topological polar surface area (TPSA) is 25.8 Å². The molecule has 0 fully saturated rings. The Labute approximate surface area is 345 Å². The summed E-state index contributed by atoms with van der Waals surface area (Å²) in [6.45, 7) is 4.72. The Bertz CT molecular complexity index is 3220. The van der Waals surface area contributed by atoms with Crippen LogP contribution in [0.25, 0.3) is 100.0 Å². The molecule has 0 saturated carbocycles. The number of rotatable bonds is 6. The average Bonchev–Trinajstić information content (AvgIpc) is 3.54. The minimum Gasteiger partial charge on any atom is -0.228 e. The summed E-state index contributed by atoms with van der Waals surface area (Å²) < 4.78 is 0. The third-order valence-corrected chi connectivity index (χ3v) is 12.3. The minimum atomic E-state index is -0.0820. The molecule has 278 valence electrons. The summed E-state index contributed by atoms with van der Waals surface area (Å²) in [4.78, 5) is 10.7. The van der Waals surface area contributed by atoms with Crippen LogP contribution in [0.1, 0.15) is 25.0 Å². The van der Waals surface area contributed by atoms with Crippen LogP contribution in [-0.2, 0) is 5.41 Å². The van der Waals surface area contributed by atoms with Crippen LogP contribution < -0.4 is 0 Å². The van der Waals surface area contributed by atoms with Gasteiger partial charge >= 0.3 is 0 Å². The zero-order chi connectivity index (χ0) is 39.5. The van der Waals surface area contributed by atoms with Gasteiger partial charge in [-0.3, -0.25) is 0 Å². The average molecular weight is 753 g/mol. The third-order valence-electron chi connectivity index (χ3n) is 12.3. The Morgan fingerprint density at radius 3 is 1.58 bits per heavy atom. The van der Waals surface area contributed by atoms with Crippen molar-refractivity contribution in [2.24, 2.45) is 0 Å². The molecular formula is C57H40N2. The molecule has 10 aromatic rings. The SMILES string of the molecule is CC1(C)c2ccc(-c3ccc(-c4cc(-c5cc(-c6ccccc6)ccc5-c5ccccc5)nc(-c5ccccc5)n4)c4ccccc34)cc2-c2c1ccc1ccccc21. The summed E-state index contributed by atoms with van der Waals surface area (Å²) in [5, 5.41) is 4.93. The standard InChI is InChI=1S/C57H40N2/c1-57(2)51-32-28-42(35-50(51)55-45-23-13-12-20-39(45)27-33-52(55)57)44-30-31-48(47-25-15-14-24-46(44)47)53-36-54(59-56(58-53)40-21-10-5-11-22-40)49-34-41(37-16-6-3-7-17-37)26-29-43(49)38-18-8-4-9-19-38/h3-36H,1-2H3. The second kappa shape index (κ2) is 13.9. The van der Waals surface area contributed by atoms with Crippen molar-refractivity contribution in [3.05, 3.63) is 217 Å². The first kappa shape index (κ1) is 34.8. The summed E-state index contributed by atoms with van der Waals surface area (Å²) in [7, 11) is 0. The number of benzene rings is 9. The molecule has 2 heteroatoms. The van der Waals surface area contributed by atoms with Crippen molar-refractivity contribution in [3.63, 3.8) is 0 Å². The largest absolute Gasteiger partial charge is 0.228 e. The fraction of sp³-hybridized carbons (Fsp3) is 0.0526. The van der Waals surface area contributed by atoms with Crippen LogP contribution in [0, 0.1) is 0 Å². The van der Waals surface area contributed by atoms with Gasteiger partial charge < -0.3 is 0 Å². The van der Waals surface area contributed by atoms with Crippen molar-refractivity contribution in [3.8, 4) is 78.4 Å². The molecule has 0 unspecified atom stereocenters. The molecule has 0 aliphatic heterocycles. The molecular weight excluding hydrogens is 713 g/mol. The maximum absolute atomic E-state index is 5.34. The van der Waals surface area contributed by atoms with Crippen molar-refractivity contribution < 1.29 is 0 Å². The minimum absolute atomic E-state index is 0.0820. The summed E-state index contributed by atoms with van der Waals surface area (Å²) >= 11 is 0. The fourth-order valence-corrected chi connectivity index (χ4v) is 9.34. The molecule has 1 aromatic heterocycles. The molecule has 11 rings (SSSR count). The number of hydrogen-bond acceptors (Lipinski definition) is 2. The first-order valence-electron chi connectivity index (χ1n) is 20.4. The Hall–Kier alpha value is -7.42. The van der Waals surface area contributed by atoms with E-state index in [2.05, 4.69) is 214 Å². The van der Waals surface area contributed by atoms with Gasteiger partial charge in [0.25, 0.3) is 0 Å². The van der Waals surface area contributed by atoms with Gasteiger partial charge in [-0.1, -0.05) is 202 Å². The number of hydrogen-bond donors (Lipinski definition) is 0. The van der Waals surface area contributed by atoms with E-state index in [0.29, 0.717) is 5.82 Å². The van der Waals surface area contributed by atoms with Gasteiger partial charge in [-0.2, -0.15) is 0 Å². The van der Waals surface area contributed by atoms with Crippen LogP contribution in [-0.4, -0.2) is 9.97 Å². The Morgan fingerprint density at radius 2 is 0.847 bits per heavy atom. The van der Waals surface area contributed by atoms with Gasteiger partial charge in [0.1, 0.15) is 0 Å². The van der Waals surface area contributed by atoms with E-state index in [1.54, 1.807) is 0 Å². The van der Waals surface area contributed by atoms with Crippen LogP contribution >= 0.6 is 0 Å². The van der Waals surface area contributed by atoms with Gasteiger partial charge in [0.2, 0.25) is 0 Å². The number of nitrogens with zero attached hydrogens (tertiary/aromatic N) is 2. The van der Waals surface area contributed by atoms with Crippen molar-refractivity contribution in [2.75, 3.05) is 0 Å². The smallest absolute Gasteiger partial charge is 0.160 e. The summed E-state index contributed by atoms with van der Waals surface area (Å²) in [5.41, 5.74) is 17.3. The molecule has 0 atom stereocenters. The van der Waals surface area contributed by atoms with Crippen molar-refractivity contribution >= 4 is 21.5 Å². The molecule has 1 aliphatic rings. The highest BCUT2D eigenvalue weighted by Gasteiger charge is 2.36. The lowest BCUT2D eigenvalue weighted by Crippen LogP contribution is -2.14. The second-order valence-corrected chi connectivity index (χ2v) is 16.1. The lowest BCUT2D eigenvalue weighted by atomic mass is 9.81. The molecule has 0 radical (unpaired) electrons. The molecule has 0 spiro atoms. The molecule has 0 amide bonds. The van der Waals surface area contributed by atoms with Crippen LogP contribution in [0.4, 0.5) is 0 Å². The lowest BCUT2D eigenvalue weighted by molar-refractivity contribution is 0.661. The molecule has 0 saturated heterocycles. The monoisotopic (exact) mass is 752 g/mol. The van der Waals surface area contributed by atoms with E-state index < -0.39 is 0 Å². The van der Waals surface area contributed by atoms with E-state index in [1.807, 2.05) is 6.07 Å². The normalized spacial score (nSPS) is 12.7. The summed E-state index contributed by atoms with van der Waals surface area (Å²) in [6.07, 6.45) is 0. The molecule has 1 aliphatic carbocycles. The van der Waals surface area contributed by atoms with Crippen LogP contribution in [0.5, 0.6) is 0 Å². The van der Waals surface area contributed by atoms with Crippen molar-refractivity contribution in [1.82, 2.24) is 9.97 Å². The van der Waals surface area contributed by atoms with Gasteiger partial charge in [0.05, 0.1) is 11.4 Å². The van der Waals surface area contributed by atoms with E-state index >= 15 is 0 Å². The predicted molar refractivity (Wildman–Crippen MR) is 247 cm³/mol. The fourth-order valence-electron chi connectivity index (χ4n) is 9.34. The van der Waals surface area contributed by atoms with E-state index in [9.17, 15) is 0 Å². The van der Waals surface area contributed by atoms with E-state index in [-0.39, 0.29) is 5.41 Å². The zero-order valence-electron chi connectivity index (χ0n) is 33.0. The van der Waals surface area contributed by atoms with E-state index in [1.165, 1.54) is 55.1 Å². The second-order valence-electron chi connectivity index (χ2n) is 16.1. The Kier molecular flexibility index (Phi) is 8.20. The molecule has 0 N–H and O–H groups in total. The quantitative estimate of drug-likeness (QED) is 0.169. The van der Waals surface area contributed by atoms with E-state index in [4.69, 9.17) is 9.97 Å². The van der Waals surface area contributed by atoms with Gasteiger partial charge in [-0.05, 0) is 95.4 Å². The summed E-state index contributed by atoms with van der Waals surface area (Å²) in [5.74, 6) is 0.697. The highest BCUT2D eigenvalue weighted by atomic mass is 14.9. The van der Waals surface area contributed by atoms with Crippen molar-refractivity contribution in [1.29, 1.82) is 0 Å². The van der Waals surface area contributed by atoms with E-state index in [0.717, 1.165) is 50.2 Å². The maximum Gasteiger partial charge on any atom is 0.160 e. The first-order chi connectivity index (χ1) is 29.0. The van der Waals surface area contributed by atoms with Gasteiger partial charge in [-0.15, -0.1) is 0 Å². The first-order valence-corrected chi connectivity index (χ1v) is 20.4. The maximum atomic E-state index is 5.34. The molecule has 1 heterocycles. The highest BCUT2D eigenvalue weighted by Crippen LogP contribution is 2.52. The van der Waals surface area contributed by atoms with Gasteiger partial charge in [0.15, 0.2) is 5.82 Å². The lowest BCUT2D eigenvalue weighted by Gasteiger charge is -2.22. The van der Waals surface area contributed by atoms with Crippen molar-refractivity contribution in [2.45, 2.75) is 19.3 Å².